The van der Waals surface area contributed by atoms with Crippen molar-refractivity contribution in [3.63, 3.8) is 0 Å². The van der Waals surface area contributed by atoms with Crippen molar-refractivity contribution in [2.24, 2.45) is 5.92 Å². The molecule has 0 aliphatic carbocycles. The molecule has 2 atom stereocenters. The highest BCUT2D eigenvalue weighted by atomic mass is 16.3. The van der Waals surface area contributed by atoms with Crippen molar-refractivity contribution in [3.8, 4) is 0 Å². The van der Waals surface area contributed by atoms with E-state index in [0.717, 1.165) is 30.5 Å². The Bertz CT molecular complexity index is 444. The van der Waals surface area contributed by atoms with E-state index >= 15 is 0 Å². The summed E-state index contributed by atoms with van der Waals surface area (Å²) in [5.74, 6) is 2.99. The second kappa shape index (κ2) is 5.90. The van der Waals surface area contributed by atoms with Gasteiger partial charge in [0.2, 0.25) is 0 Å². The van der Waals surface area contributed by atoms with Gasteiger partial charge in [0, 0.05) is 18.1 Å². The lowest BCUT2D eigenvalue weighted by molar-refractivity contribution is 0.231. The Balaban J connectivity index is 1.97. The first-order valence-corrected chi connectivity index (χ1v) is 7.82. The Morgan fingerprint density at radius 1 is 1.35 bits per heavy atom. The first kappa shape index (κ1) is 15.6. The highest BCUT2D eigenvalue weighted by Crippen LogP contribution is 2.25. The van der Waals surface area contributed by atoms with Gasteiger partial charge in [0.15, 0.2) is 0 Å². The van der Waals surface area contributed by atoms with Crippen LogP contribution < -0.4 is 5.32 Å². The standard InChI is InChI=1S/C17H30N2O/c1-12-7-14(3)19(10-12)11-15-8-13(2)16(20-15)9-18-17(4,5)6/h8,12,14,18H,7,9-11H2,1-6H3. The van der Waals surface area contributed by atoms with Gasteiger partial charge in [0.25, 0.3) is 0 Å². The molecule has 2 heterocycles. The summed E-state index contributed by atoms with van der Waals surface area (Å²) < 4.78 is 6.05. The number of nitrogens with zero attached hydrogens (tertiary/aromatic N) is 1. The normalized spacial score (nSPS) is 24.5. The zero-order chi connectivity index (χ0) is 14.9. The van der Waals surface area contributed by atoms with Crippen molar-refractivity contribution in [2.45, 2.75) is 72.6 Å². The number of hydrogen-bond acceptors (Lipinski definition) is 3. The third-order valence-electron chi connectivity index (χ3n) is 4.12. The van der Waals surface area contributed by atoms with Crippen molar-refractivity contribution in [3.05, 3.63) is 23.2 Å². The van der Waals surface area contributed by atoms with E-state index in [0.29, 0.717) is 6.04 Å². The molecule has 1 aliphatic rings. The van der Waals surface area contributed by atoms with E-state index in [9.17, 15) is 0 Å². The summed E-state index contributed by atoms with van der Waals surface area (Å²) in [5.41, 5.74) is 1.38. The van der Waals surface area contributed by atoms with Gasteiger partial charge in [-0.05, 0) is 58.6 Å². The van der Waals surface area contributed by atoms with Crippen molar-refractivity contribution < 1.29 is 4.42 Å². The lowest BCUT2D eigenvalue weighted by Crippen LogP contribution is -2.35. The number of nitrogens with one attached hydrogen (secondary N) is 1. The molecule has 1 saturated heterocycles. The lowest BCUT2D eigenvalue weighted by atomic mass is 10.1. The molecule has 3 heteroatoms. The quantitative estimate of drug-likeness (QED) is 0.910. The first-order chi connectivity index (χ1) is 9.24. The van der Waals surface area contributed by atoms with Gasteiger partial charge < -0.3 is 9.73 Å². The van der Waals surface area contributed by atoms with Crippen LogP contribution in [0.3, 0.4) is 0 Å². The molecule has 0 amide bonds. The fourth-order valence-corrected chi connectivity index (χ4v) is 3.00. The average Bonchev–Trinajstić information content (AvgIpc) is 2.79. The maximum absolute atomic E-state index is 6.05. The van der Waals surface area contributed by atoms with Gasteiger partial charge >= 0.3 is 0 Å². The molecular formula is C17H30N2O. The molecule has 1 aromatic heterocycles. The van der Waals surface area contributed by atoms with E-state index in [4.69, 9.17) is 4.42 Å². The Hall–Kier alpha value is -0.800. The molecule has 1 aromatic rings. The van der Waals surface area contributed by atoms with Crippen LogP contribution in [0.2, 0.25) is 0 Å². The molecule has 20 heavy (non-hydrogen) atoms. The van der Waals surface area contributed by atoms with Crippen LogP contribution in [0.25, 0.3) is 0 Å². The smallest absolute Gasteiger partial charge is 0.120 e. The monoisotopic (exact) mass is 278 g/mol. The molecule has 2 unspecified atom stereocenters. The Kier molecular flexibility index (Phi) is 4.60. The summed E-state index contributed by atoms with van der Waals surface area (Å²) >= 11 is 0. The van der Waals surface area contributed by atoms with E-state index in [-0.39, 0.29) is 5.54 Å². The van der Waals surface area contributed by atoms with E-state index < -0.39 is 0 Å². The Morgan fingerprint density at radius 2 is 2.05 bits per heavy atom. The van der Waals surface area contributed by atoms with Gasteiger partial charge in [-0.25, -0.2) is 0 Å². The van der Waals surface area contributed by atoms with Gasteiger partial charge in [0.05, 0.1) is 13.1 Å². The fourth-order valence-electron chi connectivity index (χ4n) is 3.00. The highest BCUT2D eigenvalue weighted by molar-refractivity contribution is 5.20. The Labute approximate surface area is 123 Å². The molecule has 114 valence electrons. The molecule has 1 N–H and O–H groups in total. The minimum Gasteiger partial charge on any atom is -0.463 e. The molecule has 0 saturated carbocycles. The van der Waals surface area contributed by atoms with Crippen molar-refractivity contribution in [1.29, 1.82) is 0 Å². The fraction of sp³-hybridized carbons (Fsp3) is 0.765. The van der Waals surface area contributed by atoms with Gasteiger partial charge in [-0.1, -0.05) is 6.92 Å². The molecule has 0 radical (unpaired) electrons. The highest BCUT2D eigenvalue weighted by Gasteiger charge is 2.27. The molecule has 1 aliphatic heterocycles. The minimum atomic E-state index is 0.123. The second-order valence-electron chi connectivity index (χ2n) is 7.54. The summed E-state index contributed by atoms with van der Waals surface area (Å²) in [6.07, 6.45) is 1.30. The van der Waals surface area contributed by atoms with E-state index in [1.165, 1.54) is 18.5 Å². The summed E-state index contributed by atoms with van der Waals surface area (Å²) in [6.45, 7) is 16.3. The number of furan rings is 1. The van der Waals surface area contributed by atoms with Gasteiger partial charge in [-0.3, -0.25) is 4.90 Å². The van der Waals surface area contributed by atoms with Gasteiger partial charge in [-0.15, -0.1) is 0 Å². The van der Waals surface area contributed by atoms with Gasteiger partial charge in [-0.2, -0.15) is 0 Å². The van der Waals surface area contributed by atoms with Crippen LogP contribution in [0.5, 0.6) is 0 Å². The number of likely N-dealkylation sites (tertiary alicyclic amines) is 1. The molecular weight excluding hydrogens is 248 g/mol. The predicted molar refractivity (Wildman–Crippen MR) is 83.7 cm³/mol. The maximum atomic E-state index is 6.05. The van der Waals surface area contributed by atoms with Crippen LogP contribution in [0.1, 0.15) is 58.1 Å². The van der Waals surface area contributed by atoms with Crippen molar-refractivity contribution in [1.82, 2.24) is 10.2 Å². The van der Waals surface area contributed by atoms with Crippen LogP contribution in [-0.4, -0.2) is 23.0 Å². The zero-order valence-corrected chi connectivity index (χ0v) is 13.9. The largest absolute Gasteiger partial charge is 0.463 e. The SMILES string of the molecule is Cc1cc(CN2CC(C)CC2C)oc1CNC(C)(C)C. The predicted octanol–water partition coefficient (Wildman–Crippen LogP) is 3.71. The second-order valence-corrected chi connectivity index (χ2v) is 7.54. The molecule has 0 spiro atoms. The van der Waals surface area contributed by atoms with E-state index in [2.05, 4.69) is 57.8 Å². The molecule has 0 bridgehead atoms. The number of aryl methyl sites for hydroxylation is 1. The van der Waals surface area contributed by atoms with Crippen molar-refractivity contribution >= 4 is 0 Å². The van der Waals surface area contributed by atoms with E-state index in [1.807, 2.05) is 0 Å². The number of rotatable bonds is 4. The summed E-state index contributed by atoms with van der Waals surface area (Å²) in [6, 6.07) is 2.88. The molecule has 2 rings (SSSR count). The van der Waals surface area contributed by atoms with Crippen LogP contribution in [-0.2, 0) is 13.1 Å². The summed E-state index contributed by atoms with van der Waals surface area (Å²) in [7, 11) is 0. The van der Waals surface area contributed by atoms with Crippen molar-refractivity contribution in [2.75, 3.05) is 6.54 Å². The molecule has 1 fully saturated rings. The average molecular weight is 278 g/mol. The third-order valence-corrected chi connectivity index (χ3v) is 4.12. The topological polar surface area (TPSA) is 28.4 Å². The zero-order valence-electron chi connectivity index (χ0n) is 13.9. The van der Waals surface area contributed by atoms with Crippen LogP contribution in [0.15, 0.2) is 10.5 Å². The van der Waals surface area contributed by atoms with Crippen LogP contribution >= 0.6 is 0 Å². The molecule has 3 nitrogen and oxygen atoms in total. The van der Waals surface area contributed by atoms with Gasteiger partial charge in [0.1, 0.15) is 11.5 Å². The van der Waals surface area contributed by atoms with Crippen LogP contribution in [0.4, 0.5) is 0 Å². The third kappa shape index (κ3) is 4.10. The summed E-state index contributed by atoms with van der Waals surface area (Å²) in [5, 5.41) is 3.49. The lowest BCUT2D eigenvalue weighted by Gasteiger charge is -2.20. The van der Waals surface area contributed by atoms with Crippen LogP contribution in [0, 0.1) is 12.8 Å². The van der Waals surface area contributed by atoms with E-state index in [1.54, 1.807) is 0 Å². The molecule has 0 aromatic carbocycles. The Morgan fingerprint density at radius 3 is 2.60 bits per heavy atom. The number of hydrogen-bond donors (Lipinski definition) is 1. The minimum absolute atomic E-state index is 0.123. The summed E-state index contributed by atoms with van der Waals surface area (Å²) in [4.78, 5) is 2.53. The maximum Gasteiger partial charge on any atom is 0.120 e. The first-order valence-electron chi connectivity index (χ1n) is 7.82.